The lowest BCUT2D eigenvalue weighted by Crippen LogP contribution is -1.94. The molecule has 21 heavy (non-hydrogen) atoms. The maximum atomic E-state index is 13.0. The van der Waals surface area contributed by atoms with Crippen LogP contribution in [0.5, 0.6) is 0 Å². The second kappa shape index (κ2) is 5.42. The predicted octanol–water partition coefficient (Wildman–Crippen LogP) is 5.30. The van der Waals surface area contributed by atoms with Crippen molar-refractivity contribution >= 4 is 48.6 Å². The monoisotopic (exact) mass is 412 g/mol. The van der Waals surface area contributed by atoms with Crippen LogP contribution in [-0.4, -0.2) is 4.98 Å². The highest BCUT2D eigenvalue weighted by Crippen LogP contribution is 2.41. The molecule has 0 atom stereocenters. The van der Waals surface area contributed by atoms with Crippen LogP contribution >= 0.6 is 31.9 Å². The van der Waals surface area contributed by atoms with Crippen LogP contribution in [0.3, 0.4) is 0 Å². The Morgan fingerprint density at radius 3 is 2.48 bits per heavy atom. The molecular formula is C15H11Br2FN2O. The summed E-state index contributed by atoms with van der Waals surface area (Å²) in [4.78, 5) is 4.49. The maximum Gasteiger partial charge on any atom is 0.227 e. The van der Waals surface area contributed by atoms with Crippen molar-refractivity contribution in [1.82, 2.24) is 4.98 Å². The lowest BCUT2D eigenvalue weighted by Gasteiger charge is -2.07. The van der Waals surface area contributed by atoms with Crippen LogP contribution in [0.2, 0.25) is 0 Å². The normalized spacial score (nSPS) is 11.2. The van der Waals surface area contributed by atoms with E-state index in [1.807, 2.05) is 6.92 Å². The summed E-state index contributed by atoms with van der Waals surface area (Å²) in [5, 5.41) is 0. The summed E-state index contributed by atoms with van der Waals surface area (Å²) >= 11 is 6.95. The van der Waals surface area contributed by atoms with E-state index in [1.54, 1.807) is 12.1 Å². The first kappa shape index (κ1) is 14.5. The Bertz CT molecular complexity index is 828. The Hall–Kier alpha value is -1.40. The number of hydrogen-bond donors (Lipinski definition) is 1. The van der Waals surface area contributed by atoms with Crippen molar-refractivity contribution in [2.24, 2.45) is 0 Å². The second-order valence-electron chi connectivity index (χ2n) is 4.58. The lowest BCUT2D eigenvalue weighted by atomic mass is 10.1. The number of hydrogen-bond acceptors (Lipinski definition) is 3. The van der Waals surface area contributed by atoms with E-state index in [-0.39, 0.29) is 5.82 Å². The smallest absolute Gasteiger partial charge is 0.227 e. The van der Waals surface area contributed by atoms with Gasteiger partial charge < -0.3 is 10.2 Å². The molecule has 0 unspecified atom stereocenters. The van der Waals surface area contributed by atoms with Crippen molar-refractivity contribution in [3.8, 4) is 11.5 Å². The maximum absolute atomic E-state index is 13.0. The highest BCUT2D eigenvalue weighted by molar-refractivity contribution is 9.11. The van der Waals surface area contributed by atoms with Crippen LogP contribution in [0.25, 0.3) is 22.6 Å². The van der Waals surface area contributed by atoms with Gasteiger partial charge in [0.1, 0.15) is 11.3 Å². The molecular weight excluding hydrogens is 403 g/mol. The van der Waals surface area contributed by atoms with Gasteiger partial charge in [-0.05, 0) is 62.5 Å². The van der Waals surface area contributed by atoms with Crippen LogP contribution in [0.15, 0.2) is 37.6 Å². The van der Waals surface area contributed by atoms with Crippen molar-refractivity contribution < 1.29 is 8.81 Å². The molecule has 0 bridgehead atoms. The number of oxazole rings is 1. The molecule has 2 N–H and O–H groups in total. The van der Waals surface area contributed by atoms with Crippen LogP contribution < -0.4 is 5.73 Å². The van der Waals surface area contributed by atoms with Crippen molar-refractivity contribution in [3.05, 3.63) is 44.6 Å². The quantitative estimate of drug-likeness (QED) is 0.579. The molecule has 0 aliphatic carbocycles. The van der Waals surface area contributed by atoms with Gasteiger partial charge >= 0.3 is 0 Å². The number of halogens is 3. The van der Waals surface area contributed by atoms with E-state index in [0.29, 0.717) is 27.2 Å². The third kappa shape index (κ3) is 2.36. The summed E-state index contributed by atoms with van der Waals surface area (Å²) in [6.45, 7) is 2.02. The predicted molar refractivity (Wildman–Crippen MR) is 88.6 cm³/mol. The number of aryl methyl sites for hydroxylation is 1. The van der Waals surface area contributed by atoms with E-state index in [4.69, 9.17) is 10.2 Å². The number of nitrogens with two attached hydrogens (primary N) is 1. The van der Waals surface area contributed by atoms with Gasteiger partial charge in [0.15, 0.2) is 5.58 Å². The Morgan fingerprint density at radius 2 is 1.86 bits per heavy atom. The Morgan fingerprint density at radius 1 is 1.19 bits per heavy atom. The largest absolute Gasteiger partial charge is 0.436 e. The fraction of sp³-hybridized carbons (Fsp3) is 0.133. The third-order valence-corrected chi connectivity index (χ3v) is 5.00. The van der Waals surface area contributed by atoms with Gasteiger partial charge in [-0.1, -0.05) is 6.92 Å². The molecule has 0 fully saturated rings. The zero-order valence-electron chi connectivity index (χ0n) is 11.1. The minimum Gasteiger partial charge on any atom is -0.436 e. The second-order valence-corrected chi connectivity index (χ2v) is 6.16. The van der Waals surface area contributed by atoms with Gasteiger partial charge in [-0.3, -0.25) is 0 Å². The number of benzene rings is 2. The van der Waals surface area contributed by atoms with Crippen LogP contribution in [0.4, 0.5) is 10.1 Å². The molecule has 0 saturated heterocycles. The number of nitrogens with zero attached hydrogens (tertiary/aromatic N) is 1. The molecule has 0 saturated carbocycles. The summed E-state index contributed by atoms with van der Waals surface area (Å²) in [7, 11) is 0. The van der Waals surface area contributed by atoms with Crippen molar-refractivity contribution in [2.75, 3.05) is 5.73 Å². The minimum atomic E-state index is -0.294. The van der Waals surface area contributed by atoms with Gasteiger partial charge in [-0.2, -0.15) is 0 Å². The first-order chi connectivity index (χ1) is 10.0. The zero-order chi connectivity index (χ0) is 15.1. The van der Waals surface area contributed by atoms with E-state index >= 15 is 0 Å². The van der Waals surface area contributed by atoms with Crippen molar-refractivity contribution in [3.63, 3.8) is 0 Å². The molecule has 0 amide bonds. The van der Waals surface area contributed by atoms with Gasteiger partial charge in [-0.15, -0.1) is 0 Å². The van der Waals surface area contributed by atoms with Crippen LogP contribution in [0.1, 0.15) is 12.5 Å². The van der Waals surface area contributed by atoms with E-state index in [9.17, 15) is 4.39 Å². The van der Waals surface area contributed by atoms with Gasteiger partial charge in [0, 0.05) is 15.6 Å². The molecule has 108 valence electrons. The molecule has 1 heterocycles. The third-order valence-electron chi connectivity index (χ3n) is 3.29. The van der Waals surface area contributed by atoms with Gasteiger partial charge in [0.05, 0.1) is 10.2 Å². The zero-order valence-corrected chi connectivity index (χ0v) is 14.3. The first-order valence-electron chi connectivity index (χ1n) is 6.34. The number of nitrogen functional groups attached to an aromatic ring is 1. The molecule has 1 aromatic heterocycles. The molecule has 6 heteroatoms. The SMILES string of the molecule is CCc1c(Br)c(N)c(Br)c2nc(-c3ccc(F)cc3)oc12. The van der Waals surface area contributed by atoms with Crippen molar-refractivity contribution in [1.29, 1.82) is 0 Å². The van der Waals surface area contributed by atoms with Gasteiger partial charge in [0.2, 0.25) is 5.89 Å². The van der Waals surface area contributed by atoms with Gasteiger partial charge in [-0.25, -0.2) is 9.37 Å². The molecule has 0 aliphatic heterocycles. The van der Waals surface area contributed by atoms with E-state index in [1.165, 1.54) is 12.1 Å². The fourth-order valence-electron chi connectivity index (χ4n) is 2.19. The highest BCUT2D eigenvalue weighted by atomic mass is 79.9. The number of aromatic nitrogens is 1. The molecule has 3 rings (SSSR count). The Balaban J connectivity index is 2.29. The lowest BCUT2D eigenvalue weighted by molar-refractivity contribution is 0.612. The van der Waals surface area contributed by atoms with E-state index in [0.717, 1.165) is 22.0 Å². The molecule has 0 radical (unpaired) electrons. The van der Waals surface area contributed by atoms with Crippen LogP contribution in [-0.2, 0) is 6.42 Å². The number of rotatable bonds is 2. The van der Waals surface area contributed by atoms with Crippen molar-refractivity contribution in [2.45, 2.75) is 13.3 Å². The molecule has 0 spiro atoms. The number of anilines is 1. The summed E-state index contributed by atoms with van der Waals surface area (Å²) in [6, 6.07) is 6.03. The van der Waals surface area contributed by atoms with Crippen LogP contribution in [0, 0.1) is 5.82 Å². The molecule has 3 aromatic rings. The van der Waals surface area contributed by atoms with Gasteiger partial charge in [0.25, 0.3) is 0 Å². The van der Waals surface area contributed by atoms with E-state index < -0.39 is 0 Å². The topological polar surface area (TPSA) is 52.0 Å². The molecule has 3 nitrogen and oxygen atoms in total. The average Bonchev–Trinajstić information content (AvgIpc) is 2.91. The standard InChI is InChI=1S/C15H11Br2FN2O/c1-2-9-10(16)12(19)11(17)13-14(9)21-15(20-13)7-3-5-8(18)6-4-7/h3-6H,2,19H2,1H3. The van der Waals surface area contributed by atoms with E-state index in [2.05, 4.69) is 36.8 Å². The molecule has 2 aromatic carbocycles. The minimum absolute atomic E-state index is 0.294. The first-order valence-corrected chi connectivity index (χ1v) is 7.93. The highest BCUT2D eigenvalue weighted by Gasteiger charge is 2.20. The Kier molecular flexibility index (Phi) is 3.75. The molecule has 0 aliphatic rings. The number of fused-ring (bicyclic) bond motifs is 1. The summed E-state index contributed by atoms with van der Waals surface area (Å²) in [6.07, 6.45) is 0.757. The fourth-order valence-corrected chi connectivity index (χ4v) is 3.58. The summed E-state index contributed by atoms with van der Waals surface area (Å²) < 4.78 is 20.4. The summed E-state index contributed by atoms with van der Waals surface area (Å²) in [5.74, 6) is 0.148. The average molecular weight is 414 g/mol. The summed E-state index contributed by atoms with van der Waals surface area (Å²) in [5.41, 5.74) is 9.70. The Labute approximate surface area is 137 Å².